The highest BCUT2D eigenvalue weighted by atomic mass is 16.1. The Morgan fingerprint density at radius 2 is 1.62 bits per heavy atom. The van der Waals surface area contributed by atoms with E-state index in [2.05, 4.69) is 0 Å². The highest BCUT2D eigenvalue weighted by Gasteiger charge is 2.10. The number of rotatable bonds is 2. The molecule has 0 radical (unpaired) electrons. The van der Waals surface area contributed by atoms with E-state index in [1.165, 1.54) is 20.8 Å². The monoisotopic (exact) mass is 115 g/mol. The van der Waals surface area contributed by atoms with Gasteiger partial charge in [-0.1, -0.05) is 0 Å². The summed E-state index contributed by atoms with van der Waals surface area (Å²) >= 11 is 0. The van der Waals surface area contributed by atoms with E-state index in [0.29, 0.717) is 0 Å². The third-order valence-corrected chi connectivity index (χ3v) is 1.06. The molecule has 0 bridgehead atoms. The predicted molar refractivity (Wildman–Crippen MR) is 30.5 cm³/mol. The number of hydrogen-bond donors (Lipinski definition) is 0. The van der Waals surface area contributed by atoms with E-state index in [1.54, 1.807) is 0 Å². The topological polar surface area (TPSA) is 34.1 Å². The molecule has 0 spiro atoms. The molecular weight excluding hydrogens is 104 g/mol. The van der Waals surface area contributed by atoms with Crippen LogP contribution in [0.4, 0.5) is 0 Å². The molecule has 0 aromatic carbocycles. The van der Waals surface area contributed by atoms with Gasteiger partial charge in [-0.2, -0.15) is 0 Å². The Bertz CT molecular complexity index is 133. The van der Waals surface area contributed by atoms with Gasteiger partial charge in [0.05, 0.1) is 5.89 Å². The lowest BCUT2D eigenvalue weighted by Gasteiger charge is -1.97. The fourth-order valence-corrected chi connectivity index (χ4v) is 0.248. The predicted octanol–water partition coefficient (Wildman–Crippen LogP) is 0.800. The van der Waals surface area contributed by atoms with Crippen molar-refractivity contribution in [2.75, 3.05) is 0 Å². The molecule has 0 rings (SSSR count). The summed E-state index contributed by atoms with van der Waals surface area (Å²) in [6.07, 6.45) is 0. The van der Waals surface area contributed by atoms with Crippen LogP contribution >= 0.6 is 0 Å². The summed E-state index contributed by atoms with van der Waals surface area (Å²) in [7, 11) is 0. The van der Waals surface area contributed by atoms with E-state index in [4.69, 9.17) is 1.37 Å². The van der Waals surface area contributed by atoms with Gasteiger partial charge in [0, 0.05) is 1.37 Å². The fraction of sp³-hybridized carbons (Fsp3) is 0.667. The fourth-order valence-electron chi connectivity index (χ4n) is 0.248. The van der Waals surface area contributed by atoms with Crippen LogP contribution in [0, 0.1) is 5.89 Å². The number of Topliss-reactive ketones (excluding diaryl/α,β-unsaturated/α-hetero) is 2. The lowest BCUT2D eigenvalue weighted by Crippen LogP contribution is -2.14. The summed E-state index contributed by atoms with van der Waals surface area (Å²) in [6.45, 7) is 3.79. The molecule has 0 aliphatic carbocycles. The SMILES string of the molecule is [2H]C(C)(C(C)=O)C(C)=O. The first-order valence-corrected chi connectivity index (χ1v) is 2.41. The minimum atomic E-state index is -1.53. The quantitative estimate of drug-likeness (QED) is 0.499. The van der Waals surface area contributed by atoms with Crippen LogP contribution in [0.15, 0.2) is 0 Å². The van der Waals surface area contributed by atoms with Crippen molar-refractivity contribution in [2.45, 2.75) is 20.8 Å². The summed E-state index contributed by atoms with van der Waals surface area (Å²) < 4.78 is 7.14. The minimum Gasteiger partial charge on any atom is -0.299 e. The molecule has 0 heterocycles. The molecule has 0 saturated carbocycles. The molecule has 0 amide bonds. The molecule has 0 saturated heterocycles. The van der Waals surface area contributed by atoms with Crippen molar-refractivity contribution >= 4 is 11.6 Å². The second-order valence-corrected chi connectivity index (χ2v) is 1.74. The third kappa shape index (κ3) is 1.87. The first-order valence-electron chi connectivity index (χ1n) is 2.91. The van der Waals surface area contributed by atoms with Crippen LogP contribution in [-0.4, -0.2) is 11.6 Å². The van der Waals surface area contributed by atoms with Gasteiger partial charge in [0.2, 0.25) is 0 Å². The van der Waals surface area contributed by atoms with Crippen molar-refractivity contribution in [1.29, 1.82) is 0 Å². The molecule has 2 nitrogen and oxygen atoms in total. The summed E-state index contributed by atoms with van der Waals surface area (Å²) in [5.74, 6) is -2.34. The lowest BCUT2D eigenvalue weighted by molar-refractivity contribution is -0.129. The van der Waals surface area contributed by atoms with Gasteiger partial charge in [0.25, 0.3) is 0 Å². The van der Waals surface area contributed by atoms with Crippen LogP contribution in [0.5, 0.6) is 0 Å². The Morgan fingerprint density at radius 1 is 1.38 bits per heavy atom. The number of ketones is 2. The average molecular weight is 115 g/mol. The Kier molecular flexibility index (Phi) is 1.78. The molecule has 0 aromatic rings. The molecule has 0 unspecified atom stereocenters. The number of carbonyl (C=O) groups excluding carboxylic acids is 2. The normalized spacial score (nSPS) is 12.6. The van der Waals surface area contributed by atoms with Crippen LogP contribution < -0.4 is 0 Å². The van der Waals surface area contributed by atoms with Gasteiger partial charge in [-0.3, -0.25) is 9.59 Å². The second kappa shape index (κ2) is 2.60. The molecule has 0 aromatic heterocycles. The maximum absolute atomic E-state index is 10.5. The maximum Gasteiger partial charge on any atom is 0.139 e. The average Bonchev–Trinajstić information content (AvgIpc) is 1.65. The van der Waals surface area contributed by atoms with Gasteiger partial charge in [0.1, 0.15) is 11.6 Å². The van der Waals surface area contributed by atoms with E-state index in [-0.39, 0.29) is 0 Å². The van der Waals surface area contributed by atoms with E-state index < -0.39 is 17.5 Å². The van der Waals surface area contributed by atoms with Crippen LogP contribution in [0.1, 0.15) is 22.1 Å². The molecule has 0 atom stereocenters. The Balaban J connectivity index is 4.38. The van der Waals surface area contributed by atoms with E-state index in [9.17, 15) is 9.59 Å². The van der Waals surface area contributed by atoms with Crippen molar-refractivity contribution < 1.29 is 11.0 Å². The minimum absolute atomic E-state index is 0.407. The highest BCUT2D eigenvalue weighted by Crippen LogP contribution is 1.95. The third-order valence-electron chi connectivity index (χ3n) is 1.06. The zero-order valence-electron chi connectivity index (χ0n) is 6.32. The van der Waals surface area contributed by atoms with Crippen LogP contribution in [0.3, 0.4) is 0 Å². The second-order valence-electron chi connectivity index (χ2n) is 1.74. The standard InChI is InChI=1S/C6H10O2/c1-4(5(2)7)6(3)8/h4H,1-3H3/i4D. The van der Waals surface area contributed by atoms with Crippen LogP contribution in [0.2, 0.25) is 0 Å². The van der Waals surface area contributed by atoms with E-state index in [1.807, 2.05) is 0 Å². The first-order chi connectivity index (χ1) is 3.89. The molecule has 0 aliphatic rings. The maximum atomic E-state index is 10.5. The smallest absolute Gasteiger partial charge is 0.139 e. The summed E-state index contributed by atoms with van der Waals surface area (Å²) in [5.41, 5.74) is 0. The zero-order chi connectivity index (χ0) is 7.65. The lowest BCUT2D eigenvalue weighted by atomic mass is 10.0. The summed E-state index contributed by atoms with van der Waals surface area (Å²) in [6, 6.07) is 0. The van der Waals surface area contributed by atoms with E-state index in [0.717, 1.165) is 0 Å². The Labute approximate surface area is 50.3 Å². The number of hydrogen-bond acceptors (Lipinski definition) is 2. The molecular formula is C6H10O2. The van der Waals surface area contributed by atoms with Gasteiger partial charge >= 0.3 is 0 Å². The molecule has 2 heteroatoms. The summed E-state index contributed by atoms with van der Waals surface area (Å²) in [4.78, 5) is 21.0. The van der Waals surface area contributed by atoms with Crippen molar-refractivity contribution in [3.8, 4) is 0 Å². The van der Waals surface area contributed by atoms with Crippen molar-refractivity contribution in [1.82, 2.24) is 0 Å². The van der Waals surface area contributed by atoms with Crippen LogP contribution in [0.25, 0.3) is 0 Å². The number of carbonyl (C=O) groups is 2. The van der Waals surface area contributed by atoms with Gasteiger partial charge in [-0.15, -0.1) is 0 Å². The first kappa shape index (κ1) is 5.48. The Morgan fingerprint density at radius 3 is 1.62 bits per heavy atom. The van der Waals surface area contributed by atoms with Crippen molar-refractivity contribution in [3.05, 3.63) is 0 Å². The molecule has 46 valence electrons. The van der Waals surface area contributed by atoms with Crippen molar-refractivity contribution in [3.63, 3.8) is 0 Å². The van der Waals surface area contributed by atoms with Gasteiger partial charge in [0.15, 0.2) is 0 Å². The van der Waals surface area contributed by atoms with Gasteiger partial charge in [-0.25, -0.2) is 0 Å². The molecule has 0 fully saturated rings. The molecule has 8 heavy (non-hydrogen) atoms. The van der Waals surface area contributed by atoms with Gasteiger partial charge < -0.3 is 0 Å². The van der Waals surface area contributed by atoms with Crippen molar-refractivity contribution in [2.24, 2.45) is 5.89 Å². The highest BCUT2D eigenvalue weighted by molar-refractivity contribution is 5.99. The largest absolute Gasteiger partial charge is 0.299 e. The van der Waals surface area contributed by atoms with Gasteiger partial charge in [-0.05, 0) is 20.8 Å². The van der Waals surface area contributed by atoms with E-state index >= 15 is 0 Å². The molecule has 0 aliphatic heterocycles. The zero-order valence-corrected chi connectivity index (χ0v) is 5.32. The Hall–Kier alpha value is -0.660. The summed E-state index contributed by atoms with van der Waals surface area (Å²) in [5, 5.41) is 0. The van der Waals surface area contributed by atoms with Crippen LogP contribution in [-0.2, 0) is 9.59 Å². The molecule has 0 N–H and O–H groups in total.